The molecule has 0 unspecified atom stereocenters. The molecule has 0 aliphatic carbocycles. The lowest BCUT2D eigenvalue weighted by molar-refractivity contribution is -0.116. The van der Waals surface area contributed by atoms with Crippen LogP contribution in [0, 0.1) is 5.82 Å². The number of para-hydroxylation sites is 1. The molecule has 0 saturated heterocycles. The molecule has 0 fully saturated rings. The van der Waals surface area contributed by atoms with Gasteiger partial charge in [0.05, 0.1) is 16.9 Å². The monoisotopic (exact) mass is 408 g/mol. The quantitative estimate of drug-likeness (QED) is 0.459. The van der Waals surface area contributed by atoms with Crippen molar-refractivity contribution in [2.24, 2.45) is 0 Å². The molecule has 2 aromatic heterocycles. The Bertz CT molecular complexity index is 1180. The molecule has 2 heterocycles. The number of carbonyl (C=O) groups is 1. The summed E-state index contributed by atoms with van der Waals surface area (Å²) in [6, 6.07) is 14.6. The van der Waals surface area contributed by atoms with Crippen molar-refractivity contribution in [1.82, 2.24) is 15.1 Å². The Labute approximate surface area is 170 Å². The van der Waals surface area contributed by atoms with Crippen LogP contribution in [-0.4, -0.2) is 21.0 Å². The number of rotatable bonds is 4. The molecule has 8 heteroatoms. The Balaban J connectivity index is 1.99. The van der Waals surface area contributed by atoms with Crippen LogP contribution in [0.15, 0.2) is 71.6 Å². The fraction of sp³-hybridized carbons (Fsp3) is 0.0476. The van der Waals surface area contributed by atoms with Crippen LogP contribution in [0.25, 0.3) is 22.5 Å². The molecule has 29 heavy (non-hydrogen) atoms. The topological polar surface area (TPSA) is 72.1 Å². The summed E-state index contributed by atoms with van der Waals surface area (Å²) in [5.41, 5.74) is 2.02. The molecule has 0 spiro atoms. The van der Waals surface area contributed by atoms with E-state index in [1.54, 1.807) is 48.7 Å². The lowest BCUT2D eigenvalue weighted by atomic mass is 10.0. The van der Waals surface area contributed by atoms with E-state index >= 15 is 0 Å². The second-order valence-electron chi connectivity index (χ2n) is 6.12. The second-order valence-corrected chi connectivity index (χ2v) is 6.56. The third-order valence-electron chi connectivity index (χ3n) is 4.22. The van der Waals surface area contributed by atoms with Crippen molar-refractivity contribution in [1.29, 1.82) is 0 Å². The number of amides is 1. The van der Waals surface area contributed by atoms with E-state index in [1.807, 2.05) is 0 Å². The third kappa shape index (κ3) is 3.60. The van der Waals surface area contributed by atoms with Crippen molar-refractivity contribution in [3.63, 3.8) is 0 Å². The van der Waals surface area contributed by atoms with Gasteiger partial charge in [-0.25, -0.2) is 19.3 Å². The summed E-state index contributed by atoms with van der Waals surface area (Å²) in [7, 11) is 0. The molecule has 0 atom stereocenters. The zero-order valence-corrected chi connectivity index (χ0v) is 16.0. The third-order valence-corrected chi connectivity index (χ3v) is 4.46. The molecule has 0 radical (unpaired) electrons. The molecular weight excluding hydrogens is 395 g/mol. The standard InChI is InChI=1S/C21H14ClFN4O2/c1-13(28)27(18-8-3-2-7-16(18)23)21-19(17-9-10-24-12-25-17)20(26-29-21)14-5-4-6-15(22)11-14/h2-12H,1H3. The smallest absolute Gasteiger partial charge is 0.248 e. The average molecular weight is 409 g/mol. The molecule has 1 amide bonds. The van der Waals surface area contributed by atoms with E-state index in [-0.39, 0.29) is 11.6 Å². The van der Waals surface area contributed by atoms with Crippen molar-refractivity contribution in [2.45, 2.75) is 6.92 Å². The number of benzene rings is 2. The molecule has 0 aliphatic rings. The van der Waals surface area contributed by atoms with Gasteiger partial charge >= 0.3 is 0 Å². The SMILES string of the molecule is CC(=O)N(c1ccccc1F)c1onc(-c2cccc(Cl)c2)c1-c1ccncn1. The van der Waals surface area contributed by atoms with Crippen molar-refractivity contribution in [3.05, 3.63) is 78.0 Å². The summed E-state index contributed by atoms with van der Waals surface area (Å²) in [5, 5.41) is 4.66. The first-order chi connectivity index (χ1) is 14.1. The fourth-order valence-corrected chi connectivity index (χ4v) is 3.18. The highest BCUT2D eigenvalue weighted by atomic mass is 35.5. The number of hydrogen-bond donors (Lipinski definition) is 0. The van der Waals surface area contributed by atoms with Crippen molar-refractivity contribution in [3.8, 4) is 22.5 Å². The molecule has 144 valence electrons. The van der Waals surface area contributed by atoms with Crippen molar-refractivity contribution in [2.75, 3.05) is 4.90 Å². The Hall–Kier alpha value is -3.58. The maximum Gasteiger partial charge on any atom is 0.248 e. The first-order valence-electron chi connectivity index (χ1n) is 8.63. The molecule has 0 aliphatic heterocycles. The van der Waals surface area contributed by atoms with Crippen LogP contribution in [0.4, 0.5) is 16.0 Å². The molecule has 0 saturated carbocycles. The minimum atomic E-state index is -0.572. The predicted molar refractivity (Wildman–Crippen MR) is 107 cm³/mol. The number of halogens is 2. The molecule has 6 nitrogen and oxygen atoms in total. The molecule has 2 aromatic carbocycles. The number of aromatic nitrogens is 3. The van der Waals surface area contributed by atoms with Crippen LogP contribution in [0.2, 0.25) is 5.02 Å². The zero-order chi connectivity index (χ0) is 20.4. The number of nitrogens with zero attached hydrogens (tertiary/aromatic N) is 4. The Morgan fingerprint density at radius 1 is 1.14 bits per heavy atom. The Morgan fingerprint density at radius 3 is 2.66 bits per heavy atom. The summed E-state index contributed by atoms with van der Waals surface area (Å²) in [6.45, 7) is 1.32. The van der Waals surface area contributed by atoms with Gasteiger partial charge in [-0.05, 0) is 30.3 Å². The van der Waals surface area contributed by atoms with E-state index in [4.69, 9.17) is 16.1 Å². The number of anilines is 2. The summed E-state index contributed by atoms with van der Waals surface area (Å²) in [4.78, 5) is 21.8. The normalized spacial score (nSPS) is 10.7. The van der Waals surface area contributed by atoms with Gasteiger partial charge in [0, 0.05) is 23.7 Å². The lowest BCUT2D eigenvalue weighted by Gasteiger charge is -2.19. The summed E-state index contributed by atoms with van der Waals surface area (Å²) < 4.78 is 20.1. The largest absolute Gasteiger partial charge is 0.336 e. The van der Waals surface area contributed by atoms with Gasteiger partial charge in [-0.15, -0.1) is 0 Å². The first-order valence-corrected chi connectivity index (χ1v) is 9.01. The Kier molecular flexibility index (Phi) is 5.05. The Morgan fingerprint density at radius 2 is 1.97 bits per heavy atom. The van der Waals surface area contributed by atoms with Crippen molar-refractivity contribution >= 4 is 29.1 Å². The van der Waals surface area contributed by atoms with E-state index < -0.39 is 11.7 Å². The van der Waals surface area contributed by atoms with Crippen LogP contribution in [0.5, 0.6) is 0 Å². The summed E-state index contributed by atoms with van der Waals surface area (Å²) in [6.07, 6.45) is 2.93. The molecular formula is C21H14ClFN4O2. The second kappa shape index (κ2) is 7.81. The molecule has 0 N–H and O–H groups in total. The van der Waals surface area contributed by atoms with Crippen LogP contribution < -0.4 is 4.90 Å². The van der Waals surface area contributed by atoms with Gasteiger partial charge in [0.2, 0.25) is 11.8 Å². The van der Waals surface area contributed by atoms with E-state index in [9.17, 15) is 9.18 Å². The van der Waals surface area contributed by atoms with Crippen LogP contribution in [0.3, 0.4) is 0 Å². The number of hydrogen-bond acceptors (Lipinski definition) is 5. The minimum absolute atomic E-state index is 0.0455. The van der Waals surface area contributed by atoms with Gasteiger partial charge in [-0.3, -0.25) is 4.79 Å². The summed E-state index contributed by atoms with van der Waals surface area (Å²) in [5.74, 6) is -0.965. The highest BCUT2D eigenvalue weighted by Gasteiger charge is 2.29. The minimum Gasteiger partial charge on any atom is -0.336 e. The van der Waals surface area contributed by atoms with Gasteiger partial charge in [-0.1, -0.05) is 41.0 Å². The van der Waals surface area contributed by atoms with E-state index in [2.05, 4.69) is 15.1 Å². The van der Waals surface area contributed by atoms with Gasteiger partial charge in [0.1, 0.15) is 17.8 Å². The average Bonchev–Trinajstić information content (AvgIpc) is 3.15. The zero-order valence-electron chi connectivity index (χ0n) is 15.2. The van der Waals surface area contributed by atoms with Crippen LogP contribution in [-0.2, 0) is 4.79 Å². The fourth-order valence-electron chi connectivity index (χ4n) is 2.99. The predicted octanol–water partition coefficient (Wildman–Crippen LogP) is 5.28. The van der Waals surface area contributed by atoms with Crippen LogP contribution >= 0.6 is 11.6 Å². The molecule has 4 rings (SSSR count). The first kappa shape index (κ1) is 18.8. The number of carbonyl (C=O) groups excluding carboxylic acids is 1. The highest BCUT2D eigenvalue weighted by molar-refractivity contribution is 6.30. The lowest BCUT2D eigenvalue weighted by Crippen LogP contribution is -2.24. The highest BCUT2D eigenvalue weighted by Crippen LogP contribution is 2.42. The van der Waals surface area contributed by atoms with E-state index in [1.165, 1.54) is 25.4 Å². The van der Waals surface area contributed by atoms with Gasteiger partial charge < -0.3 is 4.52 Å². The van der Waals surface area contributed by atoms with E-state index in [0.29, 0.717) is 27.5 Å². The van der Waals surface area contributed by atoms with Gasteiger partial charge in [-0.2, -0.15) is 0 Å². The van der Waals surface area contributed by atoms with Gasteiger partial charge in [0.15, 0.2) is 0 Å². The molecule has 4 aromatic rings. The maximum atomic E-state index is 14.5. The van der Waals surface area contributed by atoms with Crippen LogP contribution in [0.1, 0.15) is 6.92 Å². The molecule has 0 bridgehead atoms. The van der Waals surface area contributed by atoms with Gasteiger partial charge in [0.25, 0.3) is 0 Å². The van der Waals surface area contributed by atoms with E-state index in [0.717, 1.165) is 4.90 Å². The van der Waals surface area contributed by atoms with Crippen molar-refractivity contribution < 1.29 is 13.7 Å². The maximum absolute atomic E-state index is 14.5. The summed E-state index contributed by atoms with van der Waals surface area (Å²) >= 11 is 6.13.